The van der Waals surface area contributed by atoms with E-state index in [0.717, 1.165) is 18.4 Å². The topological polar surface area (TPSA) is 92.8 Å². The minimum atomic E-state index is -0.398. The fourth-order valence-corrected chi connectivity index (χ4v) is 2.27. The first kappa shape index (κ1) is 14.2. The summed E-state index contributed by atoms with van der Waals surface area (Å²) >= 11 is 0. The molecule has 2 heterocycles. The number of hydrogen-bond acceptors (Lipinski definition) is 5. The highest BCUT2D eigenvalue weighted by molar-refractivity contribution is 5.92. The smallest absolute Gasteiger partial charge is 0.255 e. The van der Waals surface area contributed by atoms with Gasteiger partial charge in [-0.3, -0.25) is 10.1 Å². The Hall–Kier alpha value is -2.72. The van der Waals surface area contributed by atoms with Crippen LogP contribution in [0.2, 0.25) is 0 Å². The Morgan fingerprint density at radius 1 is 1.45 bits per heavy atom. The number of ether oxygens (including phenoxy) is 1. The highest BCUT2D eigenvalue weighted by atomic mass is 16.5. The average Bonchev–Trinajstić information content (AvgIpc) is 3.20. The molecule has 112 valence electrons. The van der Waals surface area contributed by atoms with Crippen LogP contribution in [0.5, 0.6) is 0 Å². The van der Waals surface area contributed by atoms with Gasteiger partial charge in [-0.1, -0.05) is 12.1 Å². The van der Waals surface area contributed by atoms with Gasteiger partial charge in [0.2, 0.25) is 5.95 Å². The third kappa shape index (κ3) is 3.30. The van der Waals surface area contributed by atoms with Crippen molar-refractivity contribution in [2.24, 2.45) is 0 Å². The summed E-state index contributed by atoms with van der Waals surface area (Å²) < 4.78 is 6.94. The molecule has 1 saturated heterocycles. The number of benzene rings is 1. The van der Waals surface area contributed by atoms with Gasteiger partial charge in [0.1, 0.15) is 12.4 Å². The van der Waals surface area contributed by atoms with Crippen LogP contribution in [0, 0.1) is 11.3 Å². The number of nitriles is 1. The molecule has 0 unspecified atom stereocenters. The van der Waals surface area contributed by atoms with Crippen LogP contribution in [0.4, 0.5) is 5.95 Å². The van der Waals surface area contributed by atoms with E-state index in [1.807, 2.05) is 12.1 Å². The van der Waals surface area contributed by atoms with Crippen LogP contribution in [0.3, 0.4) is 0 Å². The molecule has 1 aromatic carbocycles. The van der Waals surface area contributed by atoms with Crippen molar-refractivity contribution in [3.05, 3.63) is 41.7 Å². The van der Waals surface area contributed by atoms with E-state index in [-0.39, 0.29) is 11.9 Å². The molecule has 0 saturated carbocycles. The van der Waals surface area contributed by atoms with Gasteiger partial charge in [0, 0.05) is 6.61 Å². The molecule has 22 heavy (non-hydrogen) atoms. The van der Waals surface area contributed by atoms with E-state index in [1.165, 1.54) is 0 Å². The predicted octanol–water partition coefficient (Wildman–Crippen LogP) is 1.32. The molecular formula is C15H15N5O2. The Bertz CT molecular complexity index is 695. The molecule has 1 aromatic heterocycles. The van der Waals surface area contributed by atoms with Gasteiger partial charge in [-0.2, -0.15) is 5.26 Å². The number of carbonyl (C=O) groups excluding carboxylic acids is 1. The number of hydrogen-bond donors (Lipinski definition) is 1. The van der Waals surface area contributed by atoms with Gasteiger partial charge in [-0.25, -0.2) is 9.67 Å². The van der Waals surface area contributed by atoms with Crippen molar-refractivity contribution in [1.29, 1.82) is 5.26 Å². The van der Waals surface area contributed by atoms with Crippen LogP contribution in [-0.2, 0) is 16.1 Å². The normalized spacial score (nSPS) is 17.1. The molecule has 0 aliphatic carbocycles. The van der Waals surface area contributed by atoms with Crippen LogP contribution in [0.25, 0.3) is 0 Å². The summed E-state index contributed by atoms with van der Waals surface area (Å²) in [6, 6.07) is 9.32. The molecule has 0 spiro atoms. The fraction of sp³-hybridized carbons (Fsp3) is 0.333. The first-order chi connectivity index (χ1) is 10.7. The average molecular weight is 297 g/mol. The third-order valence-corrected chi connectivity index (χ3v) is 3.42. The summed E-state index contributed by atoms with van der Waals surface area (Å²) in [5.41, 5.74) is 1.62. The number of aromatic nitrogens is 3. The molecule has 1 N–H and O–H groups in total. The molecule has 0 bridgehead atoms. The first-order valence-electron chi connectivity index (χ1n) is 7.05. The molecule has 3 rings (SSSR count). The lowest BCUT2D eigenvalue weighted by atomic mass is 10.1. The molecule has 7 heteroatoms. The standard InChI is InChI=1S/C15H15N5O2/c16-8-11-3-5-12(6-4-11)9-20-10-17-15(19-20)18-14(21)13-2-1-7-22-13/h3-6,10,13H,1-2,7,9H2,(H,18,19,21)/t13-/m1/s1. The minimum Gasteiger partial charge on any atom is -0.368 e. The quantitative estimate of drug-likeness (QED) is 0.918. The molecule has 0 radical (unpaired) electrons. The molecule has 7 nitrogen and oxygen atoms in total. The van der Waals surface area contributed by atoms with Gasteiger partial charge in [0.05, 0.1) is 18.2 Å². The summed E-state index contributed by atoms with van der Waals surface area (Å²) in [7, 11) is 0. The molecule has 2 aromatic rings. The Morgan fingerprint density at radius 3 is 2.95 bits per heavy atom. The van der Waals surface area contributed by atoms with Crippen LogP contribution >= 0.6 is 0 Å². The van der Waals surface area contributed by atoms with Crippen molar-refractivity contribution >= 4 is 11.9 Å². The van der Waals surface area contributed by atoms with Crippen molar-refractivity contribution in [3.63, 3.8) is 0 Å². The Kier molecular flexibility index (Phi) is 4.12. The maximum absolute atomic E-state index is 11.9. The van der Waals surface area contributed by atoms with Crippen molar-refractivity contribution in [1.82, 2.24) is 14.8 Å². The largest absolute Gasteiger partial charge is 0.368 e. The van der Waals surface area contributed by atoms with Gasteiger partial charge in [-0.15, -0.1) is 5.10 Å². The van der Waals surface area contributed by atoms with E-state index >= 15 is 0 Å². The van der Waals surface area contributed by atoms with Crippen LogP contribution in [0.15, 0.2) is 30.6 Å². The lowest BCUT2D eigenvalue weighted by Gasteiger charge is -2.07. The summed E-state index contributed by atoms with van der Waals surface area (Å²) in [4.78, 5) is 16.0. The van der Waals surface area contributed by atoms with Crippen LogP contribution in [-0.4, -0.2) is 33.4 Å². The molecule has 1 fully saturated rings. The number of anilines is 1. The van der Waals surface area contributed by atoms with Crippen molar-refractivity contribution < 1.29 is 9.53 Å². The van der Waals surface area contributed by atoms with E-state index in [9.17, 15) is 4.79 Å². The van der Waals surface area contributed by atoms with Gasteiger partial charge >= 0.3 is 0 Å². The summed E-state index contributed by atoms with van der Waals surface area (Å²) in [6.45, 7) is 1.15. The lowest BCUT2D eigenvalue weighted by Crippen LogP contribution is -2.27. The van der Waals surface area contributed by atoms with Crippen molar-refractivity contribution in [2.45, 2.75) is 25.5 Å². The van der Waals surface area contributed by atoms with E-state index in [0.29, 0.717) is 18.7 Å². The van der Waals surface area contributed by atoms with Gasteiger partial charge < -0.3 is 4.74 Å². The van der Waals surface area contributed by atoms with E-state index in [2.05, 4.69) is 21.5 Å². The molecular weight excluding hydrogens is 282 g/mol. The first-order valence-corrected chi connectivity index (χ1v) is 7.05. The van der Waals surface area contributed by atoms with E-state index < -0.39 is 6.10 Å². The zero-order valence-corrected chi connectivity index (χ0v) is 11.9. The summed E-state index contributed by atoms with van der Waals surface area (Å²) in [5.74, 6) is 0.0720. The second-order valence-corrected chi connectivity index (χ2v) is 5.07. The predicted molar refractivity (Wildman–Crippen MR) is 77.9 cm³/mol. The Morgan fingerprint density at radius 2 is 2.27 bits per heavy atom. The number of amides is 1. The molecule has 1 aliphatic heterocycles. The maximum Gasteiger partial charge on any atom is 0.255 e. The molecule has 1 amide bonds. The zero-order valence-electron chi connectivity index (χ0n) is 11.9. The fourth-order valence-electron chi connectivity index (χ4n) is 2.27. The third-order valence-electron chi connectivity index (χ3n) is 3.42. The second-order valence-electron chi connectivity index (χ2n) is 5.07. The molecule has 1 aliphatic rings. The minimum absolute atomic E-state index is 0.200. The summed E-state index contributed by atoms with van der Waals surface area (Å²) in [5, 5.41) is 15.6. The lowest BCUT2D eigenvalue weighted by molar-refractivity contribution is -0.124. The Balaban J connectivity index is 1.60. The highest BCUT2D eigenvalue weighted by Crippen LogP contribution is 2.13. The van der Waals surface area contributed by atoms with Crippen LogP contribution in [0.1, 0.15) is 24.0 Å². The van der Waals surface area contributed by atoms with E-state index in [1.54, 1.807) is 23.1 Å². The van der Waals surface area contributed by atoms with Crippen LogP contribution < -0.4 is 5.32 Å². The van der Waals surface area contributed by atoms with Gasteiger partial charge in [0.25, 0.3) is 5.91 Å². The van der Waals surface area contributed by atoms with Crippen molar-refractivity contribution in [2.75, 3.05) is 11.9 Å². The number of carbonyl (C=O) groups is 1. The van der Waals surface area contributed by atoms with Gasteiger partial charge in [0.15, 0.2) is 0 Å². The number of rotatable bonds is 4. The monoisotopic (exact) mass is 297 g/mol. The maximum atomic E-state index is 11.9. The van der Waals surface area contributed by atoms with Gasteiger partial charge in [-0.05, 0) is 30.5 Å². The summed E-state index contributed by atoms with van der Waals surface area (Å²) in [6.07, 6.45) is 2.80. The Labute approximate surface area is 127 Å². The van der Waals surface area contributed by atoms with E-state index in [4.69, 9.17) is 10.00 Å². The van der Waals surface area contributed by atoms with Crippen molar-refractivity contribution in [3.8, 4) is 6.07 Å². The zero-order chi connectivity index (χ0) is 15.4. The number of nitrogens with one attached hydrogen (secondary N) is 1. The SMILES string of the molecule is N#Cc1ccc(Cn2cnc(NC(=O)[C@H]3CCCO3)n2)cc1. The second kappa shape index (κ2) is 6.37. The number of nitrogens with zero attached hydrogens (tertiary/aromatic N) is 4. The molecule has 1 atom stereocenters. The highest BCUT2D eigenvalue weighted by Gasteiger charge is 2.24.